The fourth-order valence-corrected chi connectivity index (χ4v) is 4.65. The monoisotopic (exact) mass is 354 g/mol. The van der Waals surface area contributed by atoms with Gasteiger partial charge in [0, 0.05) is 5.92 Å². The molecule has 1 spiro atoms. The Hall–Kier alpha value is -2.07. The maximum Gasteiger partial charge on any atom is 0.339 e. The molecular weight excluding hydrogens is 328 g/mol. The molecule has 3 aliphatic rings. The molecular formula is C22H26O4. The molecule has 1 aliphatic heterocycles. The zero-order valence-electron chi connectivity index (χ0n) is 15.4. The van der Waals surface area contributed by atoms with Gasteiger partial charge in [-0.1, -0.05) is 48.9 Å². The van der Waals surface area contributed by atoms with Gasteiger partial charge in [-0.15, -0.1) is 0 Å². The third-order valence-corrected chi connectivity index (χ3v) is 6.12. The van der Waals surface area contributed by atoms with E-state index < -0.39 is 5.60 Å². The molecule has 1 saturated carbocycles. The van der Waals surface area contributed by atoms with E-state index >= 15 is 0 Å². The summed E-state index contributed by atoms with van der Waals surface area (Å²) in [6.07, 6.45) is 5.09. The van der Waals surface area contributed by atoms with Crippen LogP contribution in [0.2, 0.25) is 0 Å². The summed E-state index contributed by atoms with van der Waals surface area (Å²) < 4.78 is 11.8. The number of esters is 1. The van der Waals surface area contributed by atoms with E-state index in [9.17, 15) is 9.90 Å². The van der Waals surface area contributed by atoms with Crippen molar-refractivity contribution in [1.82, 2.24) is 0 Å². The molecule has 0 amide bonds. The Kier molecular flexibility index (Phi) is 4.39. The summed E-state index contributed by atoms with van der Waals surface area (Å²) in [4.78, 5) is 12.5. The third kappa shape index (κ3) is 2.86. The molecule has 0 aromatic heterocycles. The van der Waals surface area contributed by atoms with Gasteiger partial charge in [0.25, 0.3) is 0 Å². The predicted octanol–water partition coefficient (Wildman–Crippen LogP) is 4.47. The Balaban J connectivity index is 1.41. The molecule has 1 aromatic carbocycles. The summed E-state index contributed by atoms with van der Waals surface area (Å²) in [7, 11) is 0. The van der Waals surface area contributed by atoms with Gasteiger partial charge < -0.3 is 14.6 Å². The van der Waals surface area contributed by atoms with Crippen LogP contribution in [0.5, 0.6) is 0 Å². The second kappa shape index (κ2) is 6.58. The Bertz CT molecular complexity index is 754. The predicted molar refractivity (Wildman–Crippen MR) is 98.4 cm³/mol. The topological polar surface area (TPSA) is 55.8 Å². The summed E-state index contributed by atoms with van der Waals surface area (Å²) in [6.45, 7) is 4.68. The number of benzene rings is 1. The van der Waals surface area contributed by atoms with Gasteiger partial charge in [0.1, 0.15) is 5.76 Å². The lowest BCUT2D eigenvalue weighted by Gasteiger charge is -2.36. The molecule has 4 nitrogen and oxygen atoms in total. The van der Waals surface area contributed by atoms with Crippen molar-refractivity contribution in [2.45, 2.75) is 57.8 Å². The van der Waals surface area contributed by atoms with E-state index in [0.29, 0.717) is 25.0 Å². The Labute approximate surface area is 154 Å². The van der Waals surface area contributed by atoms with E-state index in [2.05, 4.69) is 25.1 Å². The van der Waals surface area contributed by atoms with Crippen molar-refractivity contribution in [3.05, 3.63) is 58.9 Å². The highest BCUT2D eigenvalue weighted by Crippen LogP contribution is 2.49. The smallest absolute Gasteiger partial charge is 0.339 e. The number of ether oxygens (including phenoxy) is 2. The zero-order valence-corrected chi connectivity index (χ0v) is 15.4. The number of rotatable bonds is 4. The lowest BCUT2D eigenvalue weighted by atomic mass is 9.70. The van der Waals surface area contributed by atoms with Crippen LogP contribution in [0.15, 0.2) is 53.3 Å². The van der Waals surface area contributed by atoms with Gasteiger partial charge >= 0.3 is 5.97 Å². The van der Waals surface area contributed by atoms with Crippen LogP contribution in [0.3, 0.4) is 0 Å². The molecule has 0 saturated heterocycles. The number of aliphatic hydroxyl groups is 1. The molecule has 4 heteroatoms. The molecule has 1 unspecified atom stereocenters. The maximum absolute atomic E-state index is 12.5. The van der Waals surface area contributed by atoms with Crippen LogP contribution >= 0.6 is 0 Å². The number of allylic oxidation sites excluding steroid dienone is 2. The lowest BCUT2D eigenvalue weighted by Crippen LogP contribution is -2.39. The minimum Gasteiger partial charge on any atom is -0.507 e. The minimum absolute atomic E-state index is 0.00827. The average Bonchev–Trinajstić information content (AvgIpc) is 2.87. The highest BCUT2D eigenvalue weighted by Gasteiger charge is 2.53. The summed E-state index contributed by atoms with van der Waals surface area (Å²) in [6, 6.07) is 10.1. The number of hydrogen-bond donors (Lipinski definition) is 1. The first-order chi connectivity index (χ1) is 12.5. The van der Waals surface area contributed by atoms with Gasteiger partial charge in [-0.25, -0.2) is 4.79 Å². The first-order valence-corrected chi connectivity index (χ1v) is 9.51. The highest BCUT2D eigenvalue weighted by molar-refractivity contribution is 5.94. The lowest BCUT2D eigenvalue weighted by molar-refractivity contribution is -0.154. The molecule has 1 fully saturated rings. The summed E-state index contributed by atoms with van der Waals surface area (Å²) in [5.41, 5.74) is 1.97. The number of hydrogen-bond acceptors (Lipinski definition) is 4. The quantitative estimate of drug-likeness (QED) is 0.640. The molecule has 4 rings (SSSR count). The standard InChI is InChI=1S/C22H26O4/c1-14-12-15(2)18(14)19-20(23)22(26-21(19)24)10-8-17(9-11-22)25-13-16-6-4-3-5-7-16/h3-7,12,14,17-18,23H,8-11,13H2,1-2H3/t14?,17?,18-,22?/m0/s1. The Morgan fingerprint density at radius 3 is 2.54 bits per heavy atom. The second-order valence-corrected chi connectivity index (χ2v) is 7.89. The highest BCUT2D eigenvalue weighted by atomic mass is 16.6. The molecule has 138 valence electrons. The fraction of sp³-hybridized carbons (Fsp3) is 0.500. The van der Waals surface area contributed by atoms with E-state index in [4.69, 9.17) is 9.47 Å². The van der Waals surface area contributed by atoms with Crippen LogP contribution in [0.4, 0.5) is 0 Å². The van der Waals surface area contributed by atoms with Crippen LogP contribution < -0.4 is 0 Å². The van der Waals surface area contributed by atoms with E-state index in [0.717, 1.165) is 24.0 Å². The van der Waals surface area contributed by atoms with Crippen molar-refractivity contribution in [2.24, 2.45) is 11.8 Å². The average molecular weight is 354 g/mol. The Morgan fingerprint density at radius 2 is 1.92 bits per heavy atom. The molecule has 2 aliphatic carbocycles. The molecule has 0 bridgehead atoms. The van der Waals surface area contributed by atoms with E-state index in [1.807, 2.05) is 25.1 Å². The summed E-state index contributed by atoms with van der Waals surface area (Å²) in [5.74, 6) is 0.123. The van der Waals surface area contributed by atoms with Gasteiger partial charge in [-0.05, 0) is 44.1 Å². The molecule has 26 heavy (non-hydrogen) atoms. The molecule has 1 N–H and O–H groups in total. The SMILES string of the molecule is CC1=CC(C)[C@@H]1C1=C(O)C2(CCC(OCc3ccccc3)CC2)OC1=O. The number of carbonyl (C=O) groups excluding carboxylic acids is 1. The zero-order chi connectivity index (χ0) is 18.3. The van der Waals surface area contributed by atoms with Crippen molar-refractivity contribution in [1.29, 1.82) is 0 Å². The van der Waals surface area contributed by atoms with Gasteiger partial charge in [0.2, 0.25) is 0 Å². The van der Waals surface area contributed by atoms with E-state index in [-0.39, 0.29) is 29.7 Å². The van der Waals surface area contributed by atoms with Gasteiger partial charge in [0.15, 0.2) is 5.60 Å². The summed E-state index contributed by atoms with van der Waals surface area (Å²) >= 11 is 0. The molecule has 1 aromatic rings. The van der Waals surface area contributed by atoms with Crippen molar-refractivity contribution in [2.75, 3.05) is 0 Å². The van der Waals surface area contributed by atoms with Gasteiger partial charge in [-0.2, -0.15) is 0 Å². The van der Waals surface area contributed by atoms with E-state index in [1.54, 1.807) is 0 Å². The first-order valence-electron chi connectivity index (χ1n) is 9.51. The van der Waals surface area contributed by atoms with Crippen LogP contribution in [0.25, 0.3) is 0 Å². The van der Waals surface area contributed by atoms with Crippen LogP contribution in [-0.2, 0) is 20.9 Å². The van der Waals surface area contributed by atoms with Crippen molar-refractivity contribution >= 4 is 5.97 Å². The fourth-order valence-electron chi connectivity index (χ4n) is 4.65. The Morgan fingerprint density at radius 1 is 1.23 bits per heavy atom. The summed E-state index contributed by atoms with van der Waals surface area (Å²) in [5, 5.41) is 10.9. The van der Waals surface area contributed by atoms with Crippen molar-refractivity contribution in [3.63, 3.8) is 0 Å². The largest absolute Gasteiger partial charge is 0.507 e. The van der Waals surface area contributed by atoms with Crippen LogP contribution in [0.1, 0.15) is 45.1 Å². The molecule has 1 heterocycles. The van der Waals surface area contributed by atoms with E-state index in [1.165, 1.54) is 0 Å². The number of aliphatic hydroxyl groups excluding tert-OH is 1. The third-order valence-electron chi connectivity index (χ3n) is 6.12. The van der Waals surface area contributed by atoms with Gasteiger partial charge in [-0.3, -0.25) is 0 Å². The number of carbonyl (C=O) groups is 1. The normalized spacial score (nSPS) is 33.8. The van der Waals surface area contributed by atoms with Crippen LogP contribution in [-0.4, -0.2) is 22.8 Å². The molecule has 2 atom stereocenters. The van der Waals surface area contributed by atoms with Crippen molar-refractivity contribution < 1.29 is 19.4 Å². The van der Waals surface area contributed by atoms with Crippen molar-refractivity contribution in [3.8, 4) is 0 Å². The maximum atomic E-state index is 12.5. The molecule has 0 radical (unpaired) electrons. The minimum atomic E-state index is -0.825. The van der Waals surface area contributed by atoms with Gasteiger partial charge in [0.05, 0.1) is 18.3 Å². The second-order valence-electron chi connectivity index (χ2n) is 7.89. The first kappa shape index (κ1) is 17.3. The van der Waals surface area contributed by atoms with Crippen LogP contribution in [0, 0.1) is 11.8 Å².